The van der Waals surface area contributed by atoms with Crippen molar-refractivity contribution in [3.8, 4) is 12.3 Å². The molecule has 0 aliphatic heterocycles. The summed E-state index contributed by atoms with van der Waals surface area (Å²) < 4.78 is 13.3. The number of halogens is 1. The third kappa shape index (κ3) is 1.34. The van der Waals surface area contributed by atoms with E-state index in [4.69, 9.17) is 12.2 Å². The number of H-pyrrole nitrogens is 1. The fraction of sp³-hybridized carbons (Fsp3) is 0. The van der Waals surface area contributed by atoms with Crippen molar-refractivity contribution < 1.29 is 4.39 Å². The topological polar surface area (TPSA) is 58.9 Å². The molecule has 0 aliphatic rings. The summed E-state index contributed by atoms with van der Waals surface area (Å²) in [4.78, 5) is 13.9. The van der Waals surface area contributed by atoms with Crippen LogP contribution < -0.4 is 11.3 Å². The zero-order chi connectivity index (χ0) is 11.0. The van der Waals surface area contributed by atoms with Gasteiger partial charge in [-0.15, -0.1) is 6.42 Å². The van der Waals surface area contributed by atoms with Gasteiger partial charge in [-0.25, -0.2) is 4.39 Å². The Kier molecular flexibility index (Phi) is 1.94. The molecular formula is C11H7FN2O. The summed E-state index contributed by atoms with van der Waals surface area (Å²) in [7, 11) is 0. The Bertz CT molecular complexity index is 637. The Labute approximate surface area is 84.7 Å². The number of aromatic nitrogens is 1. The first kappa shape index (κ1) is 9.28. The maximum atomic E-state index is 13.3. The Morgan fingerprint density at radius 2 is 2.20 bits per heavy atom. The highest BCUT2D eigenvalue weighted by molar-refractivity contribution is 5.88. The van der Waals surface area contributed by atoms with Crippen molar-refractivity contribution >= 4 is 16.6 Å². The van der Waals surface area contributed by atoms with Crippen molar-refractivity contribution in [2.45, 2.75) is 0 Å². The van der Waals surface area contributed by atoms with Crippen molar-refractivity contribution in [1.29, 1.82) is 0 Å². The monoisotopic (exact) mass is 202 g/mol. The number of aromatic amines is 1. The number of pyridine rings is 1. The van der Waals surface area contributed by atoms with E-state index >= 15 is 0 Å². The van der Waals surface area contributed by atoms with E-state index in [0.717, 1.165) is 0 Å². The number of benzene rings is 1. The van der Waals surface area contributed by atoms with Crippen LogP contribution in [0.4, 0.5) is 10.2 Å². The third-order valence-electron chi connectivity index (χ3n) is 2.13. The van der Waals surface area contributed by atoms with Crippen molar-refractivity contribution in [2.24, 2.45) is 0 Å². The number of hydrogen-bond donors (Lipinski definition) is 2. The first-order chi connectivity index (χ1) is 7.13. The predicted molar refractivity (Wildman–Crippen MR) is 56.9 cm³/mol. The van der Waals surface area contributed by atoms with E-state index in [-0.39, 0.29) is 16.8 Å². The molecule has 0 saturated heterocycles. The lowest BCUT2D eigenvalue weighted by Gasteiger charge is -2.02. The second-order valence-corrected chi connectivity index (χ2v) is 3.08. The van der Waals surface area contributed by atoms with Gasteiger partial charge in [-0.05, 0) is 17.5 Å². The van der Waals surface area contributed by atoms with Crippen LogP contribution in [0.15, 0.2) is 23.0 Å². The van der Waals surface area contributed by atoms with Gasteiger partial charge >= 0.3 is 0 Å². The molecule has 74 valence electrons. The van der Waals surface area contributed by atoms with Crippen LogP contribution in [0, 0.1) is 18.2 Å². The van der Waals surface area contributed by atoms with E-state index in [1.807, 2.05) is 0 Å². The van der Waals surface area contributed by atoms with Crippen LogP contribution >= 0.6 is 0 Å². The van der Waals surface area contributed by atoms with Crippen LogP contribution in [-0.4, -0.2) is 4.98 Å². The molecular weight excluding hydrogens is 195 g/mol. The van der Waals surface area contributed by atoms with Crippen molar-refractivity contribution in [1.82, 2.24) is 4.98 Å². The van der Waals surface area contributed by atoms with Crippen molar-refractivity contribution in [3.63, 3.8) is 0 Å². The molecule has 0 saturated carbocycles. The molecule has 2 rings (SSSR count). The van der Waals surface area contributed by atoms with Crippen LogP contribution in [0.25, 0.3) is 10.8 Å². The Balaban J connectivity index is 3.07. The van der Waals surface area contributed by atoms with Gasteiger partial charge in [0.1, 0.15) is 11.6 Å². The Morgan fingerprint density at radius 3 is 2.87 bits per heavy atom. The minimum atomic E-state index is -0.583. The first-order valence-electron chi connectivity index (χ1n) is 4.21. The van der Waals surface area contributed by atoms with Crippen LogP contribution in [0.2, 0.25) is 0 Å². The van der Waals surface area contributed by atoms with Gasteiger partial charge in [0, 0.05) is 0 Å². The van der Waals surface area contributed by atoms with E-state index in [2.05, 4.69) is 10.9 Å². The number of anilines is 1. The van der Waals surface area contributed by atoms with Gasteiger partial charge < -0.3 is 10.7 Å². The maximum absolute atomic E-state index is 13.3. The number of hydrogen-bond acceptors (Lipinski definition) is 2. The minimum absolute atomic E-state index is 0.0336. The second-order valence-electron chi connectivity index (χ2n) is 3.08. The SMILES string of the molecule is C#Cc1c(F)ccc2cc(N)[nH]c(=O)c12. The minimum Gasteiger partial charge on any atom is -0.385 e. The fourth-order valence-corrected chi connectivity index (χ4v) is 1.50. The number of nitrogens with two attached hydrogens (primary N) is 1. The van der Waals surface area contributed by atoms with Crippen LogP contribution in [0.3, 0.4) is 0 Å². The third-order valence-corrected chi connectivity index (χ3v) is 2.13. The molecule has 0 fully saturated rings. The maximum Gasteiger partial charge on any atom is 0.258 e. The number of nitrogens with one attached hydrogen (secondary N) is 1. The van der Waals surface area contributed by atoms with Crippen molar-refractivity contribution in [3.05, 3.63) is 39.9 Å². The van der Waals surface area contributed by atoms with Gasteiger partial charge in [0.05, 0.1) is 10.9 Å². The smallest absolute Gasteiger partial charge is 0.258 e. The molecule has 0 atom stereocenters. The predicted octanol–water partition coefficient (Wildman–Crippen LogP) is 1.23. The van der Waals surface area contributed by atoms with Gasteiger partial charge in [-0.2, -0.15) is 0 Å². The molecule has 3 nitrogen and oxygen atoms in total. The highest BCUT2D eigenvalue weighted by Crippen LogP contribution is 2.18. The summed E-state index contributed by atoms with van der Waals surface area (Å²) in [5, 5.41) is 0.692. The Morgan fingerprint density at radius 1 is 1.47 bits per heavy atom. The molecule has 0 spiro atoms. The lowest BCUT2D eigenvalue weighted by atomic mass is 10.1. The molecule has 1 aromatic heterocycles. The van der Waals surface area contributed by atoms with E-state index in [9.17, 15) is 9.18 Å². The lowest BCUT2D eigenvalue weighted by Crippen LogP contribution is -2.10. The molecule has 0 bridgehead atoms. The van der Waals surface area contributed by atoms with Crippen LogP contribution in [0.1, 0.15) is 5.56 Å². The summed E-state index contributed by atoms with van der Waals surface area (Å²) in [5.74, 6) is 1.80. The first-order valence-corrected chi connectivity index (χ1v) is 4.21. The summed E-state index contributed by atoms with van der Waals surface area (Å²) in [5.41, 5.74) is 4.95. The molecule has 0 radical (unpaired) electrons. The van der Waals surface area contributed by atoms with E-state index in [0.29, 0.717) is 5.39 Å². The van der Waals surface area contributed by atoms with Gasteiger partial charge in [-0.1, -0.05) is 12.0 Å². The average Bonchev–Trinajstić information content (AvgIpc) is 2.18. The zero-order valence-corrected chi connectivity index (χ0v) is 7.67. The largest absolute Gasteiger partial charge is 0.385 e. The molecule has 1 heterocycles. The summed E-state index contributed by atoms with van der Waals surface area (Å²) >= 11 is 0. The van der Waals surface area contributed by atoms with Crippen molar-refractivity contribution in [2.75, 3.05) is 5.73 Å². The second kappa shape index (κ2) is 3.14. The van der Waals surface area contributed by atoms with E-state index in [1.54, 1.807) is 0 Å². The number of fused-ring (bicyclic) bond motifs is 1. The highest BCUT2D eigenvalue weighted by Gasteiger charge is 2.09. The van der Waals surface area contributed by atoms with E-state index in [1.165, 1.54) is 18.2 Å². The van der Waals surface area contributed by atoms with Gasteiger partial charge in [0.15, 0.2) is 0 Å². The number of terminal acetylenes is 1. The number of nitrogen functional groups attached to an aromatic ring is 1. The van der Waals surface area contributed by atoms with Crippen LogP contribution in [0.5, 0.6) is 0 Å². The molecule has 1 aromatic carbocycles. The number of rotatable bonds is 0. The standard InChI is InChI=1S/C11H7FN2O/c1-2-7-8(12)4-3-6-5-9(13)14-11(15)10(6)7/h1,3-5H,(H3,13,14,15). The van der Waals surface area contributed by atoms with Gasteiger partial charge in [-0.3, -0.25) is 4.79 Å². The van der Waals surface area contributed by atoms with E-state index < -0.39 is 11.4 Å². The van der Waals surface area contributed by atoms with Gasteiger partial charge in [0.25, 0.3) is 5.56 Å². The molecule has 0 amide bonds. The Hall–Kier alpha value is -2.28. The molecule has 15 heavy (non-hydrogen) atoms. The highest BCUT2D eigenvalue weighted by atomic mass is 19.1. The molecule has 4 heteroatoms. The average molecular weight is 202 g/mol. The molecule has 3 N–H and O–H groups in total. The summed E-state index contributed by atoms with van der Waals surface area (Å²) in [6.07, 6.45) is 5.15. The summed E-state index contributed by atoms with van der Waals surface area (Å²) in [6.45, 7) is 0. The lowest BCUT2D eigenvalue weighted by molar-refractivity contribution is 0.626. The molecule has 0 unspecified atom stereocenters. The molecule has 0 aliphatic carbocycles. The van der Waals surface area contributed by atoms with Crippen LogP contribution in [-0.2, 0) is 0 Å². The zero-order valence-electron chi connectivity index (χ0n) is 7.67. The van der Waals surface area contributed by atoms with Gasteiger partial charge in [0.2, 0.25) is 0 Å². The molecule has 2 aromatic rings. The fourth-order valence-electron chi connectivity index (χ4n) is 1.50. The normalized spacial score (nSPS) is 10.1. The quantitative estimate of drug-likeness (QED) is 0.631. The summed E-state index contributed by atoms with van der Waals surface area (Å²) in [6, 6.07) is 4.23.